The maximum absolute atomic E-state index is 5.79. The Bertz CT molecular complexity index is 245. The van der Waals surface area contributed by atoms with Gasteiger partial charge in [-0.1, -0.05) is 13.8 Å². The molecule has 2 aliphatic rings. The molecule has 112 valence electrons. The molecule has 0 aromatic rings. The third-order valence-corrected chi connectivity index (χ3v) is 5.33. The lowest BCUT2D eigenvalue weighted by Gasteiger charge is -2.51. The summed E-state index contributed by atoms with van der Waals surface area (Å²) >= 11 is 0. The maximum Gasteiger partial charge on any atom is 0.0696 e. The van der Waals surface area contributed by atoms with Crippen molar-refractivity contribution in [3.8, 4) is 0 Å². The summed E-state index contributed by atoms with van der Waals surface area (Å²) < 4.78 is 22.4. The molecule has 0 spiro atoms. The Kier molecular flexibility index (Phi) is 4.88. The fraction of sp³-hybridized carbons (Fsp3) is 1.00. The van der Waals surface area contributed by atoms with Gasteiger partial charge >= 0.3 is 0 Å². The van der Waals surface area contributed by atoms with Gasteiger partial charge < -0.3 is 18.9 Å². The first-order valence-electron chi connectivity index (χ1n) is 7.37. The molecule has 2 atom stereocenters. The minimum absolute atomic E-state index is 0.186. The van der Waals surface area contributed by atoms with E-state index in [0.717, 1.165) is 45.7 Å². The molecule has 0 bridgehead atoms. The molecule has 2 aliphatic heterocycles. The predicted molar refractivity (Wildman–Crippen MR) is 73.3 cm³/mol. The van der Waals surface area contributed by atoms with E-state index in [2.05, 4.69) is 13.8 Å². The fourth-order valence-electron chi connectivity index (χ4n) is 3.35. The Balaban J connectivity index is 2.03. The molecule has 0 radical (unpaired) electrons. The summed E-state index contributed by atoms with van der Waals surface area (Å²) in [5, 5.41) is 0. The van der Waals surface area contributed by atoms with E-state index in [9.17, 15) is 0 Å². The van der Waals surface area contributed by atoms with E-state index in [1.54, 1.807) is 0 Å². The quantitative estimate of drug-likeness (QED) is 0.679. The van der Waals surface area contributed by atoms with Gasteiger partial charge in [0.1, 0.15) is 0 Å². The van der Waals surface area contributed by atoms with Crippen molar-refractivity contribution in [2.24, 2.45) is 10.8 Å². The van der Waals surface area contributed by atoms with Crippen LogP contribution in [-0.4, -0.2) is 52.9 Å². The number of methoxy groups -OCH3 is 2. The van der Waals surface area contributed by atoms with E-state index < -0.39 is 0 Å². The number of hydrogen-bond donors (Lipinski definition) is 0. The van der Waals surface area contributed by atoms with Crippen molar-refractivity contribution in [1.29, 1.82) is 0 Å². The van der Waals surface area contributed by atoms with E-state index >= 15 is 0 Å². The molecule has 2 fully saturated rings. The van der Waals surface area contributed by atoms with Gasteiger partial charge in [0.15, 0.2) is 0 Å². The highest BCUT2D eigenvalue weighted by atomic mass is 16.5. The third-order valence-electron chi connectivity index (χ3n) is 5.33. The van der Waals surface area contributed by atoms with Gasteiger partial charge in [-0.3, -0.25) is 0 Å². The third kappa shape index (κ3) is 2.56. The van der Waals surface area contributed by atoms with Crippen molar-refractivity contribution in [2.45, 2.75) is 45.3 Å². The van der Waals surface area contributed by atoms with Crippen LogP contribution < -0.4 is 0 Å². The average molecular weight is 272 g/mol. The zero-order chi connectivity index (χ0) is 13.9. The van der Waals surface area contributed by atoms with Crippen LogP contribution in [0.5, 0.6) is 0 Å². The monoisotopic (exact) mass is 272 g/mol. The second-order valence-electron chi connectivity index (χ2n) is 6.10. The van der Waals surface area contributed by atoms with Gasteiger partial charge in [-0.05, 0) is 12.8 Å². The fourth-order valence-corrected chi connectivity index (χ4v) is 3.35. The van der Waals surface area contributed by atoms with Crippen LogP contribution in [0.25, 0.3) is 0 Å². The smallest absolute Gasteiger partial charge is 0.0696 e. The van der Waals surface area contributed by atoms with Crippen LogP contribution in [0.3, 0.4) is 0 Å². The van der Waals surface area contributed by atoms with Crippen LogP contribution in [0, 0.1) is 10.8 Å². The minimum Gasteiger partial charge on any atom is -0.381 e. The molecular formula is C15H28O4. The van der Waals surface area contributed by atoms with Gasteiger partial charge in [-0.2, -0.15) is 0 Å². The molecule has 0 aliphatic carbocycles. The molecule has 2 saturated heterocycles. The number of ether oxygens (including phenoxy) is 4. The summed E-state index contributed by atoms with van der Waals surface area (Å²) in [4.78, 5) is 0. The summed E-state index contributed by atoms with van der Waals surface area (Å²) in [6.07, 6.45) is 3.54. The maximum atomic E-state index is 5.79. The van der Waals surface area contributed by atoms with E-state index in [-0.39, 0.29) is 23.0 Å². The molecular weight excluding hydrogens is 244 g/mol. The van der Waals surface area contributed by atoms with Gasteiger partial charge in [0, 0.05) is 31.5 Å². The molecule has 2 rings (SSSR count). The first kappa shape index (κ1) is 15.2. The Morgan fingerprint density at radius 1 is 0.842 bits per heavy atom. The SMILES string of the molecule is CCC1(C(CC(OC)C2(CC)COC2)OC)COC1. The molecule has 0 N–H and O–H groups in total. The van der Waals surface area contributed by atoms with Crippen molar-refractivity contribution in [2.75, 3.05) is 40.6 Å². The summed E-state index contributed by atoms with van der Waals surface area (Å²) in [6.45, 7) is 7.70. The zero-order valence-electron chi connectivity index (χ0n) is 12.7. The first-order chi connectivity index (χ1) is 9.16. The summed E-state index contributed by atoms with van der Waals surface area (Å²) in [5.74, 6) is 0. The molecule has 0 saturated carbocycles. The molecule has 0 amide bonds. The predicted octanol–water partition coefficient (Wildman–Crippen LogP) is 2.26. The zero-order valence-corrected chi connectivity index (χ0v) is 12.7. The van der Waals surface area contributed by atoms with Crippen molar-refractivity contribution in [3.63, 3.8) is 0 Å². The van der Waals surface area contributed by atoms with Crippen LogP contribution in [0.1, 0.15) is 33.1 Å². The van der Waals surface area contributed by atoms with E-state index in [1.807, 2.05) is 14.2 Å². The van der Waals surface area contributed by atoms with Crippen LogP contribution >= 0.6 is 0 Å². The minimum atomic E-state index is 0.186. The molecule has 4 heteroatoms. The van der Waals surface area contributed by atoms with E-state index in [4.69, 9.17) is 18.9 Å². The number of hydrogen-bond acceptors (Lipinski definition) is 4. The molecule has 4 nitrogen and oxygen atoms in total. The van der Waals surface area contributed by atoms with E-state index in [1.165, 1.54) is 0 Å². The molecule has 2 heterocycles. The van der Waals surface area contributed by atoms with Crippen molar-refractivity contribution < 1.29 is 18.9 Å². The van der Waals surface area contributed by atoms with Gasteiger partial charge in [0.05, 0.1) is 38.6 Å². The standard InChI is InChI=1S/C15H28O4/c1-5-14(8-18-9-14)12(16-3)7-13(17-4)15(6-2)10-19-11-15/h12-13H,5-11H2,1-4H3. The topological polar surface area (TPSA) is 36.9 Å². The highest BCUT2D eigenvalue weighted by Crippen LogP contribution is 2.44. The largest absolute Gasteiger partial charge is 0.381 e. The van der Waals surface area contributed by atoms with Crippen LogP contribution in [0.2, 0.25) is 0 Å². The molecule has 0 aromatic carbocycles. The first-order valence-corrected chi connectivity index (χ1v) is 7.37. The highest BCUT2D eigenvalue weighted by Gasteiger charge is 2.50. The highest BCUT2D eigenvalue weighted by molar-refractivity contribution is 4.98. The lowest BCUT2D eigenvalue weighted by molar-refractivity contribution is -0.220. The van der Waals surface area contributed by atoms with Crippen molar-refractivity contribution in [1.82, 2.24) is 0 Å². The lowest BCUT2D eigenvalue weighted by Crippen LogP contribution is -2.57. The van der Waals surface area contributed by atoms with Gasteiger partial charge in [0.2, 0.25) is 0 Å². The van der Waals surface area contributed by atoms with Gasteiger partial charge in [-0.15, -0.1) is 0 Å². The van der Waals surface area contributed by atoms with Crippen LogP contribution in [0.15, 0.2) is 0 Å². The Labute approximate surface area is 116 Å². The molecule has 2 unspecified atom stereocenters. The summed E-state index contributed by atoms with van der Waals surface area (Å²) in [5.41, 5.74) is 0.371. The van der Waals surface area contributed by atoms with Crippen LogP contribution in [-0.2, 0) is 18.9 Å². The summed E-state index contributed by atoms with van der Waals surface area (Å²) in [7, 11) is 3.62. The van der Waals surface area contributed by atoms with Crippen molar-refractivity contribution >= 4 is 0 Å². The van der Waals surface area contributed by atoms with Gasteiger partial charge in [-0.25, -0.2) is 0 Å². The normalized spacial score (nSPS) is 27.2. The Morgan fingerprint density at radius 2 is 1.21 bits per heavy atom. The summed E-state index contributed by atoms with van der Waals surface area (Å²) in [6, 6.07) is 0. The Morgan fingerprint density at radius 3 is 1.37 bits per heavy atom. The average Bonchev–Trinajstić information content (AvgIpc) is 2.33. The second-order valence-corrected chi connectivity index (χ2v) is 6.10. The number of rotatable bonds is 8. The van der Waals surface area contributed by atoms with E-state index in [0.29, 0.717) is 0 Å². The van der Waals surface area contributed by atoms with Crippen LogP contribution in [0.4, 0.5) is 0 Å². The molecule has 0 aromatic heterocycles. The molecule has 19 heavy (non-hydrogen) atoms. The lowest BCUT2D eigenvalue weighted by atomic mass is 9.70. The second kappa shape index (κ2) is 6.08. The van der Waals surface area contributed by atoms with Gasteiger partial charge in [0.25, 0.3) is 0 Å². The van der Waals surface area contributed by atoms with Crippen molar-refractivity contribution in [3.05, 3.63) is 0 Å². The Hall–Kier alpha value is -0.160.